The van der Waals surface area contributed by atoms with Crippen molar-refractivity contribution in [1.29, 1.82) is 0 Å². The first-order chi connectivity index (χ1) is 9.49. The number of para-hydroxylation sites is 1. The van der Waals surface area contributed by atoms with Gasteiger partial charge < -0.3 is 11.1 Å². The number of hydrogen-bond donors (Lipinski definition) is 2. The summed E-state index contributed by atoms with van der Waals surface area (Å²) in [6.45, 7) is 0.239. The first-order valence-electron chi connectivity index (χ1n) is 5.75. The SMILES string of the molecule is Nc1ccccc1C(=O)NCc1cc(Cl)c(Cl)cc1Cl. The predicted octanol–water partition coefficient (Wildman–Crippen LogP) is 4.16. The van der Waals surface area contributed by atoms with Crippen molar-refractivity contribution < 1.29 is 4.79 Å². The number of rotatable bonds is 3. The Morgan fingerprint density at radius 2 is 1.70 bits per heavy atom. The molecule has 2 aromatic carbocycles. The fraction of sp³-hybridized carbons (Fsp3) is 0.0714. The van der Waals surface area contributed by atoms with Gasteiger partial charge in [0, 0.05) is 17.3 Å². The number of benzene rings is 2. The molecule has 0 unspecified atom stereocenters. The Hall–Kier alpha value is -1.42. The minimum absolute atomic E-state index is 0.239. The molecule has 0 aliphatic rings. The van der Waals surface area contributed by atoms with E-state index in [1.165, 1.54) is 0 Å². The second kappa shape index (κ2) is 6.35. The zero-order chi connectivity index (χ0) is 14.7. The van der Waals surface area contributed by atoms with Crippen LogP contribution in [0.25, 0.3) is 0 Å². The molecule has 0 spiro atoms. The van der Waals surface area contributed by atoms with Crippen molar-refractivity contribution in [2.45, 2.75) is 6.54 Å². The largest absolute Gasteiger partial charge is 0.398 e. The zero-order valence-corrected chi connectivity index (χ0v) is 12.6. The van der Waals surface area contributed by atoms with Gasteiger partial charge in [0.1, 0.15) is 0 Å². The summed E-state index contributed by atoms with van der Waals surface area (Å²) in [6.07, 6.45) is 0. The first kappa shape index (κ1) is 15.0. The topological polar surface area (TPSA) is 55.1 Å². The van der Waals surface area contributed by atoms with Gasteiger partial charge >= 0.3 is 0 Å². The maximum absolute atomic E-state index is 12.0. The van der Waals surface area contributed by atoms with Crippen molar-refractivity contribution in [3.63, 3.8) is 0 Å². The standard InChI is InChI=1S/C14H11Cl3N2O/c15-10-6-12(17)11(16)5-8(10)7-19-14(20)9-3-1-2-4-13(9)18/h1-6H,7,18H2,(H,19,20). The number of amides is 1. The summed E-state index contributed by atoms with van der Waals surface area (Å²) in [4.78, 5) is 12.0. The van der Waals surface area contributed by atoms with Crippen molar-refractivity contribution >= 4 is 46.4 Å². The van der Waals surface area contributed by atoms with Crippen molar-refractivity contribution in [3.05, 3.63) is 62.6 Å². The molecule has 104 valence electrons. The van der Waals surface area contributed by atoms with Gasteiger partial charge in [0.15, 0.2) is 0 Å². The lowest BCUT2D eigenvalue weighted by Crippen LogP contribution is -2.23. The Morgan fingerprint density at radius 3 is 2.40 bits per heavy atom. The van der Waals surface area contributed by atoms with Crippen LogP contribution in [0.3, 0.4) is 0 Å². The summed E-state index contributed by atoms with van der Waals surface area (Å²) in [7, 11) is 0. The Labute approximate surface area is 131 Å². The number of carbonyl (C=O) groups excluding carboxylic acids is 1. The molecule has 0 saturated heterocycles. The van der Waals surface area contributed by atoms with Crippen LogP contribution in [0.5, 0.6) is 0 Å². The fourth-order valence-electron chi connectivity index (χ4n) is 1.67. The van der Waals surface area contributed by atoms with Crippen LogP contribution in [0, 0.1) is 0 Å². The normalized spacial score (nSPS) is 10.3. The molecule has 0 bridgehead atoms. The lowest BCUT2D eigenvalue weighted by Gasteiger charge is -2.09. The molecule has 1 amide bonds. The second-order valence-electron chi connectivity index (χ2n) is 4.13. The number of nitrogens with one attached hydrogen (secondary N) is 1. The van der Waals surface area contributed by atoms with E-state index >= 15 is 0 Å². The van der Waals surface area contributed by atoms with E-state index in [1.54, 1.807) is 36.4 Å². The van der Waals surface area contributed by atoms with Crippen LogP contribution >= 0.6 is 34.8 Å². The highest BCUT2D eigenvalue weighted by atomic mass is 35.5. The molecule has 3 N–H and O–H groups in total. The summed E-state index contributed by atoms with van der Waals surface area (Å²) >= 11 is 17.8. The first-order valence-corrected chi connectivity index (χ1v) is 6.88. The van der Waals surface area contributed by atoms with Gasteiger partial charge in [-0.2, -0.15) is 0 Å². The number of carbonyl (C=O) groups is 1. The molecule has 20 heavy (non-hydrogen) atoms. The Morgan fingerprint density at radius 1 is 1.05 bits per heavy atom. The molecular weight excluding hydrogens is 319 g/mol. The van der Waals surface area contributed by atoms with E-state index in [0.717, 1.165) is 0 Å². The maximum Gasteiger partial charge on any atom is 0.253 e. The van der Waals surface area contributed by atoms with Crippen LogP contribution in [0.2, 0.25) is 15.1 Å². The molecule has 3 nitrogen and oxygen atoms in total. The van der Waals surface area contributed by atoms with Crippen LogP contribution < -0.4 is 11.1 Å². The van der Waals surface area contributed by atoms with E-state index in [4.69, 9.17) is 40.5 Å². The van der Waals surface area contributed by atoms with E-state index in [9.17, 15) is 4.79 Å². The Balaban J connectivity index is 2.12. The third-order valence-corrected chi connectivity index (χ3v) is 3.81. The summed E-state index contributed by atoms with van der Waals surface area (Å²) in [5, 5.41) is 3.95. The summed E-state index contributed by atoms with van der Waals surface area (Å²) in [5.74, 6) is -0.273. The average molecular weight is 330 g/mol. The van der Waals surface area contributed by atoms with Crippen LogP contribution in [0.4, 0.5) is 5.69 Å². The summed E-state index contributed by atoms with van der Waals surface area (Å²) in [5.41, 5.74) is 7.26. The quantitative estimate of drug-likeness (QED) is 0.656. The molecule has 0 atom stereocenters. The van der Waals surface area contributed by atoms with E-state index < -0.39 is 0 Å². The number of halogens is 3. The van der Waals surface area contributed by atoms with Crippen molar-refractivity contribution in [2.75, 3.05) is 5.73 Å². The van der Waals surface area contributed by atoms with Gasteiger partial charge in [0.25, 0.3) is 5.91 Å². The second-order valence-corrected chi connectivity index (χ2v) is 5.35. The van der Waals surface area contributed by atoms with Crippen LogP contribution in [0.1, 0.15) is 15.9 Å². The highest BCUT2D eigenvalue weighted by Gasteiger charge is 2.11. The van der Waals surface area contributed by atoms with Gasteiger partial charge in [0.05, 0.1) is 15.6 Å². The zero-order valence-electron chi connectivity index (χ0n) is 10.3. The lowest BCUT2D eigenvalue weighted by molar-refractivity contribution is 0.0952. The van der Waals surface area contributed by atoms with Crippen molar-refractivity contribution in [1.82, 2.24) is 5.32 Å². The molecule has 2 aromatic rings. The van der Waals surface area contributed by atoms with Crippen molar-refractivity contribution in [3.8, 4) is 0 Å². The number of nitrogen functional groups attached to an aromatic ring is 1. The van der Waals surface area contributed by atoms with Gasteiger partial charge in [-0.3, -0.25) is 4.79 Å². The molecule has 0 heterocycles. The Kier molecular flexibility index (Phi) is 4.76. The fourth-order valence-corrected chi connectivity index (χ4v) is 2.31. The third kappa shape index (κ3) is 3.37. The van der Waals surface area contributed by atoms with Crippen LogP contribution in [0.15, 0.2) is 36.4 Å². The number of hydrogen-bond acceptors (Lipinski definition) is 2. The van der Waals surface area contributed by atoms with Crippen LogP contribution in [-0.4, -0.2) is 5.91 Å². The maximum atomic E-state index is 12.0. The molecule has 0 radical (unpaired) electrons. The van der Waals surface area contributed by atoms with Gasteiger partial charge in [0.2, 0.25) is 0 Å². The molecule has 2 rings (SSSR count). The number of anilines is 1. The highest BCUT2D eigenvalue weighted by molar-refractivity contribution is 6.43. The minimum atomic E-state index is -0.273. The van der Waals surface area contributed by atoms with Crippen molar-refractivity contribution in [2.24, 2.45) is 0 Å². The lowest BCUT2D eigenvalue weighted by atomic mass is 10.1. The van der Waals surface area contributed by atoms with E-state index in [2.05, 4.69) is 5.32 Å². The van der Waals surface area contributed by atoms with Gasteiger partial charge in [-0.25, -0.2) is 0 Å². The summed E-state index contributed by atoms with van der Waals surface area (Å²) in [6, 6.07) is 10.0. The average Bonchev–Trinajstić information content (AvgIpc) is 2.41. The molecule has 0 saturated carbocycles. The van der Waals surface area contributed by atoms with E-state index in [-0.39, 0.29) is 12.5 Å². The molecule has 0 fully saturated rings. The smallest absolute Gasteiger partial charge is 0.253 e. The number of nitrogens with two attached hydrogens (primary N) is 1. The molecule has 0 aliphatic carbocycles. The monoisotopic (exact) mass is 328 g/mol. The van der Waals surface area contributed by atoms with E-state index in [1.807, 2.05) is 0 Å². The van der Waals surface area contributed by atoms with Gasteiger partial charge in [-0.15, -0.1) is 0 Å². The molecule has 0 aromatic heterocycles. The Bertz CT molecular complexity index is 659. The minimum Gasteiger partial charge on any atom is -0.398 e. The predicted molar refractivity (Wildman–Crippen MR) is 83.5 cm³/mol. The highest BCUT2D eigenvalue weighted by Crippen LogP contribution is 2.28. The summed E-state index contributed by atoms with van der Waals surface area (Å²) < 4.78 is 0. The third-order valence-electron chi connectivity index (χ3n) is 2.73. The van der Waals surface area contributed by atoms with Gasteiger partial charge in [-0.05, 0) is 29.8 Å². The van der Waals surface area contributed by atoms with E-state index in [0.29, 0.717) is 31.9 Å². The molecule has 6 heteroatoms. The molecule has 0 aliphatic heterocycles. The molecular formula is C14H11Cl3N2O. The van der Waals surface area contributed by atoms with Gasteiger partial charge in [-0.1, -0.05) is 46.9 Å². The van der Waals surface area contributed by atoms with Crippen LogP contribution in [-0.2, 0) is 6.54 Å².